The molecule has 0 unspecified atom stereocenters. The number of hydrogen-bond acceptors (Lipinski definition) is 3. The first-order valence-electron chi connectivity index (χ1n) is 8.69. The Kier molecular flexibility index (Phi) is 6.61. The first-order chi connectivity index (χ1) is 12.6. The Morgan fingerprint density at radius 1 is 1.15 bits per heavy atom. The molecular weight excluding hydrogens is 355 g/mol. The van der Waals surface area contributed by atoms with Gasteiger partial charge in [-0.3, -0.25) is 9.69 Å². The van der Waals surface area contributed by atoms with Crippen molar-refractivity contribution in [3.8, 4) is 0 Å². The zero-order chi connectivity index (χ0) is 18.4. The van der Waals surface area contributed by atoms with E-state index in [9.17, 15) is 9.18 Å². The number of amides is 1. The second-order valence-electron chi connectivity index (χ2n) is 6.36. The van der Waals surface area contributed by atoms with Gasteiger partial charge in [-0.15, -0.1) is 0 Å². The van der Waals surface area contributed by atoms with Crippen molar-refractivity contribution >= 4 is 17.5 Å². The Labute approximate surface area is 157 Å². The summed E-state index contributed by atoms with van der Waals surface area (Å²) in [5.41, 5.74) is 2.45. The summed E-state index contributed by atoms with van der Waals surface area (Å²) in [6.45, 7) is 4.69. The highest BCUT2D eigenvalue weighted by Crippen LogP contribution is 2.19. The average molecular weight is 377 g/mol. The Hall–Kier alpha value is -1.95. The number of nitrogens with one attached hydrogen (secondary N) is 1. The van der Waals surface area contributed by atoms with Crippen LogP contribution in [0.5, 0.6) is 0 Å². The van der Waals surface area contributed by atoms with Crippen LogP contribution in [0.1, 0.15) is 16.7 Å². The van der Waals surface area contributed by atoms with Crippen molar-refractivity contribution < 1.29 is 13.9 Å². The fourth-order valence-electron chi connectivity index (χ4n) is 2.98. The first kappa shape index (κ1) is 18.8. The molecule has 0 spiro atoms. The van der Waals surface area contributed by atoms with Crippen LogP contribution in [-0.2, 0) is 29.0 Å². The molecular formula is C20H22ClFN2O2. The average Bonchev–Trinajstić information content (AvgIpc) is 2.64. The second-order valence-corrected chi connectivity index (χ2v) is 6.77. The maximum absolute atomic E-state index is 13.8. The third-order valence-corrected chi connectivity index (χ3v) is 4.74. The van der Waals surface area contributed by atoms with E-state index in [1.165, 1.54) is 17.7 Å². The molecule has 1 fully saturated rings. The van der Waals surface area contributed by atoms with Crippen molar-refractivity contribution in [2.75, 3.05) is 26.3 Å². The number of hydrogen-bond donors (Lipinski definition) is 1. The van der Waals surface area contributed by atoms with Crippen LogP contribution in [-0.4, -0.2) is 37.1 Å². The summed E-state index contributed by atoms with van der Waals surface area (Å²) < 4.78 is 19.1. The topological polar surface area (TPSA) is 41.6 Å². The van der Waals surface area contributed by atoms with E-state index in [1.54, 1.807) is 6.07 Å². The van der Waals surface area contributed by atoms with E-state index in [0.717, 1.165) is 38.4 Å². The molecule has 0 aliphatic carbocycles. The predicted octanol–water partition coefficient (Wildman–Crippen LogP) is 3.17. The third-order valence-electron chi connectivity index (χ3n) is 4.39. The number of rotatable bonds is 6. The van der Waals surface area contributed by atoms with Gasteiger partial charge in [-0.05, 0) is 23.3 Å². The summed E-state index contributed by atoms with van der Waals surface area (Å²) in [6.07, 6.45) is -0.0705. The molecule has 0 radical (unpaired) electrons. The van der Waals surface area contributed by atoms with Gasteiger partial charge in [0.15, 0.2) is 0 Å². The molecule has 138 valence electrons. The number of benzene rings is 2. The van der Waals surface area contributed by atoms with Gasteiger partial charge in [0, 0.05) is 36.8 Å². The third kappa shape index (κ3) is 5.27. The van der Waals surface area contributed by atoms with Crippen LogP contribution in [0.2, 0.25) is 5.02 Å². The van der Waals surface area contributed by atoms with Crippen LogP contribution in [0, 0.1) is 5.82 Å². The molecule has 1 N–H and O–H groups in total. The van der Waals surface area contributed by atoms with Crippen LogP contribution >= 0.6 is 11.6 Å². The molecule has 1 aliphatic heterocycles. The lowest BCUT2D eigenvalue weighted by molar-refractivity contribution is -0.120. The summed E-state index contributed by atoms with van der Waals surface area (Å²) in [6, 6.07) is 12.6. The summed E-state index contributed by atoms with van der Waals surface area (Å²) in [5, 5.41) is 3.11. The van der Waals surface area contributed by atoms with E-state index in [4.69, 9.17) is 16.3 Å². The molecule has 3 rings (SSSR count). The maximum atomic E-state index is 13.8. The number of nitrogens with zero attached hydrogens (tertiary/aromatic N) is 1. The van der Waals surface area contributed by atoms with Crippen molar-refractivity contribution in [3.63, 3.8) is 0 Å². The lowest BCUT2D eigenvalue weighted by atomic mass is 10.1. The second kappa shape index (κ2) is 9.12. The molecule has 2 aromatic rings. The van der Waals surface area contributed by atoms with Crippen LogP contribution in [0.4, 0.5) is 4.39 Å². The van der Waals surface area contributed by atoms with Gasteiger partial charge < -0.3 is 10.1 Å². The van der Waals surface area contributed by atoms with Gasteiger partial charge in [0.25, 0.3) is 0 Å². The van der Waals surface area contributed by atoms with Crippen molar-refractivity contribution in [2.45, 2.75) is 19.5 Å². The Morgan fingerprint density at radius 2 is 1.88 bits per heavy atom. The molecule has 0 atom stereocenters. The predicted molar refractivity (Wildman–Crippen MR) is 99.5 cm³/mol. The summed E-state index contributed by atoms with van der Waals surface area (Å²) in [4.78, 5) is 14.5. The molecule has 6 heteroatoms. The van der Waals surface area contributed by atoms with Crippen LogP contribution in [0.3, 0.4) is 0 Å². The highest BCUT2D eigenvalue weighted by atomic mass is 35.5. The van der Waals surface area contributed by atoms with E-state index < -0.39 is 5.82 Å². The van der Waals surface area contributed by atoms with Crippen LogP contribution in [0.25, 0.3) is 0 Å². The van der Waals surface area contributed by atoms with Gasteiger partial charge in [0.2, 0.25) is 5.91 Å². The van der Waals surface area contributed by atoms with Gasteiger partial charge in [-0.25, -0.2) is 4.39 Å². The number of halogens is 2. The van der Waals surface area contributed by atoms with E-state index >= 15 is 0 Å². The monoisotopic (exact) mass is 376 g/mol. The quantitative estimate of drug-likeness (QED) is 0.842. The highest BCUT2D eigenvalue weighted by molar-refractivity contribution is 6.31. The molecule has 1 aliphatic rings. The normalized spacial score (nSPS) is 15.0. The Morgan fingerprint density at radius 3 is 2.65 bits per heavy atom. The summed E-state index contributed by atoms with van der Waals surface area (Å²) >= 11 is 5.97. The molecule has 26 heavy (non-hydrogen) atoms. The molecule has 2 aromatic carbocycles. The highest BCUT2D eigenvalue weighted by Gasteiger charge is 2.13. The maximum Gasteiger partial charge on any atom is 0.224 e. The summed E-state index contributed by atoms with van der Waals surface area (Å²) in [7, 11) is 0. The van der Waals surface area contributed by atoms with Gasteiger partial charge in [-0.1, -0.05) is 41.9 Å². The van der Waals surface area contributed by atoms with Crippen molar-refractivity contribution in [3.05, 3.63) is 70.0 Å². The van der Waals surface area contributed by atoms with Crippen molar-refractivity contribution in [2.24, 2.45) is 0 Å². The molecule has 0 aromatic heterocycles. The number of carbonyl (C=O) groups excluding carboxylic acids is 1. The Balaban J connectivity index is 1.54. The lowest BCUT2D eigenvalue weighted by Gasteiger charge is -2.26. The SMILES string of the molecule is O=C(Cc1c(F)cccc1Cl)NCc1cccc(CN2CCOCC2)c1. The number of carbonyl (C=O) groups is 1. The van der Waals surface area contributed by atoms with Gasteiger partial charge in [-0.2, -0.15) is 0 Å². The molecule has 1 amide bonds. The van der Waals surface area contributed by atoms with Crippen molar-refractivity contribution in [1.82, 2.24) is 10.2 Å². The lowest BCUT2D eigenvalue weighted by Crippen LogP contribution is -2.35. The minimum absolute atomic E-state index is 0.0705. The molecule has 0 saturated carbocycles. The first-order valence-corrected chi connectivity index (χ1v) is 9.07. The standard InChI is InChI=1S/C20H22ClFN2O2/c21-18-5-2-6-19(22)17(18)12-20(25)23-13-15-3-1-4-16(11-15)14-24-7-9-26-10-8-24/h1-6,11H,7-10,12-14H2,(H,23,25). The van der Waals surface area contributed by atoms with Crippen LogP contribution in [0.15, 0.2) is 42.5 Å². The molecule has 1 saturated heterocycles. The molecule has 4 nitrogen and oxygen atoms in total. The van der Waals surface area contributed by atoms with Gasteiger partial charge in [0.05, 0.1) is 19.6 Å². The molecule has 0 bridgehead atoms. The van der Waals surface area contributed by atoms with Crippen LogP contribution < -0.4 is 5.32 Å². The van der Waals surface area contributed by atoms with E-state index in [0.29, 0.717) is 6.54 Å². The minimum atomic E-state index is -0.458. The van der Waals surface area contributed by atoms with E-state index in [2.05, 4.69) is 22.3 Å². The van der Waals surface area contributed by atoms with E-state index in [-0.39, 0.29) is 22.9 Å². The fraction of sp³-hybridized carbons (Fsp3) is 0.350. The largest absolute Gasteiger partial charge is 0.379 e. The molecule has 1 heterocycles. The van der Waals surface area contributed by atoms with Gasteiger partial charge >= 0.3 is 0 Å². The Bertz CT molecular complexity index is 743. The fourth-order valence-corrected chi connectivity index (χ4v) is 3.21. The van der Waals surface area contributed by atoms with Crippen molar-refractivity contribution in [1.29, 1.82) is 0 Å². The smallest absolute Gasteiger partial charge is 0.224 e. The zero-order valence-corrected chi connectivity index (χ0v) is 15.3. The van der Waals surface area contributed by atoms with Gasteiger partial charge in [0.1, 0.15) is 5.82 Å². The number of morpholine rings is 1. The van der Waals surface area contributed by atoms with E-state index in [1.807, 2.05) is 12.1 Å². The number of ether oxygens (including phenoxy) is 1. The summed E-state index contributed by atoms with van der Waals surface area (Å²) in [5.74, 6) is -0.712. The minimum Gasteiger partial charge on any atom is -0.379 e. The zero-order valence-electron chi connectivity index (χ0n) is 14.5.